The third-order valence-electron chi connectivity index (χ3n) is 4.67. The molecule has 1 aliphatic carbocycles. The van der Waals surface area contributed by atoms with Crippen molar-refractivity contribution in [3.05, 3.63) is 0 Å². The minimum atomic E-state index is -0.160. The molecule has 0 bridgehead atoms. The molecule has 102 valence electrons. The van der Waals surface area contributed by atoms with Crippen molar-refractivity contribution in [1.82, 2.24) is 4.90 Å². The minimum absolute atomic E-state index is 0.0431. The Hall–Kier alpha value is -0.0800. The van der Waals surface area contributed by atoms with Crippen LogP contribution in [0.4, 0.5) is 0 Å². The Balaban J connectivity index is 2.64. The van der Waals surface area contributed by atoms with Crippen molar-refractivity contribution in [2.45, 2.75) is 70.9 Å². The molecule has 0 radical (unpaired) electrons. The summed E-state index contributed by atoms with van der Waals surface area (Å²) in [5.74, 6) is 1.52. The van der Waals surface area contributed by atoms with Crippen molar-refractivity contribution in [3.63, 3.8) is 0 Å². The van der Waals surface area contributed by atoms with Gasteiger partial charge in [-0.05, 0) is 64.5 Å². The van der Waals surface area contributed by atoms with Gasteiger partial charge in [0.2, 0.25) is 0 Å². The van der Waals surface area contributed by atoms with Crippen molar-refractivity contribution < 1.29 is 5.11 Å². The zero-order valence-electron chi connectivity index (χ0n) is 12.4. The first-order chi connectivity index (χ1) is 7.88. The molecule has 1 N–H and O–H groups in total. The summed E-state index contributed by atoms with van der Waals surface area (Å²) >= 11 is 0. The van der Waals surface area contributed by atoms with E-state index in [4.69, 9.17) is 0 Å². The first kappa shape index (κ1) is 15.0. The van der Waals surface area contributed by atoms with Crippen molar-refractivity contribution in [1.29, 1.82) is 0 Å². The molecule has 0 aromatic heterocycles. The van der Waals surface area contributed by atoms with E-state index >= 15 is 0 Å². The van der Waals surface area contributed by atoms with E-state index in [1.54, 1.807) is 0 Å². The molecular weight excluding hydrogens is 210 g/mol. The molecule has 0 saturated heterocycles. The summed E-state index contributed by atoms with van der Waals surface area (Å²) in [5.41, 5.74) is 0.0431. The number of hydrogen-bond donors (Lipinski definition) is 1. The van der Waals surface area contributed by atoms with Crippen LogP contribution in [0.25, 0.3) is 0 Å². The van der Waals surface area contributed by atoms with E-state index < -0.39 is 0 Å². The smallest absolute Gasteiger partial charge is 0.0723 e. The van der Waals surface area contributed by atoms with Gasteiger partial charge >= 0.3 is 0 Å². The molecule has 1 atom stereocenters. The van der Waals surface area contributed by atoms with Crippen LogP contribution in [0.2, 0.25) is 0 Å². The maximum absolute atomic E-state index is 10.6. The van der Waals surface area contributed by atoms with Gasteiger partial charge in [-0.3, -0.25) is 0 Å². The zero-order chi connectivity index (χ0) is 13.1. The van der Waals surface area contributed by atoms with E-state index in [1.807, 2.05) is 0 Å². The lowest BCUT2D eigenvalue weighted by molar-refractivity contribution is -0.0445. The summed E-state index contributed by atoms with van der Waals surface area (Å²) in [6, 6.07) is 0. The Kier molecular flexibility index (Phi) is 5.46. The van der Waals surface area contributed by atoms with E-state index in [0.717, 1.165) is 31.6 Å². The molecule has 1 rings (SSSR count). The Labute approximate surface area is 107 Å². The molecule has 1 saturated carbocycles. The van der Waals surface area contributed by atoms with Crippen LogP contribution < -0.4 is 0 Å². The molecular formula is C15H31NO. The van der Waals surface area contributed by atoms with E-state index in [0.29, 0.717) is 5.92 Å². The standard InChI is InChI=1S/C15H31NO/c1-12(2)6-7-14(17)15(16(4)5)10-8-13(3)9-11-15/h12-14,17H,6-11H2,1-5H3. The maximum atomic E-state index is 10.6. The fraction of sp³-hybridized carbons (Fsp3) is 1.00. The molecule has 0 aromatic carbocycles. The molecule has 1 unspecified atom stereocenters. The van der Waals surface area contributed by atoms with Crippen molar-refractivity contribution in [2.75, 3.05) is 14.1 Å². The van der Waals surface area contributed by atoms with Gasteiger partial charge in [-0.2, -0.15) is 0 Å². The Morgan fingerprint density at radius 3 is 2.12 bits per heavy atom. The molecule has 0 aliphatic heterocycles. The van der Waals surface area contributed by atoms with Crippen LogP contribution in [0.1, 0.15) is 59.3 Å². The lowest BCUT2D eigenvalue weighted by Gasteiger charge is -2.48. The van der Waals surface area contributed by atoms with Crippen LogP contribution in [-0.4, -0.2) is 35.7 Å². The quantitative estimate of drug-likeness (QED) is 0.798. The van der Waals surface area contributed by atoms with Gasteiger partial charge in [0.1, 0.15) is 0 Å². The highest BCUT2D eigenvalue weighted by molar-refractivity contribution is 4.97. The van der Waals surface area contributed by atoms with Crippen LogP contribution in [0.5, 0.6) is 0 Å². The summed E-state index contributed by atoms with van der Waals surface area (Å²) in [4.78, 5) is 2.28. The SMILES string of the molecule is CC(C)CCC(O)C1(N(C)C)CCC(C)CC1. The molecule has 0 aromatic rings. The van der Waals surface area contributed by atoms with Crippen LogP contribution >= 0.6 is 0 Å². The second kappa shape index (κ2) is 6.19. The lowest BCUT2D eigenvalue weighted by atomic mass is 9.72. The molecule has 1 aliphatic rings. The summed E-state index contributed by atoms with van der Waals surface area (Å²) in [5, 5.41) is 10.6. The second-order valence-electron chi connectivity index (χ2n) is 6.67. The number of likely N-dealkylation sites (N-methyl/N-ethyl adjacent to an activating group) is 1. The van der Waals surface area contributed by atoms with Crippen molar-refractivity contribution >= 4 is 0 Å². The van der Waals surface area contributed by atoms with Gasteiger partial charge in [-0.15, -0.1) is 0 Å². The normalized spacial score (nSPS) is 32.1. The number of aliphatic hydroxyl groups excluding tert-OH is 1. The van der Waals surface area contributed by atoms with E-state index in [9.17, 15) is 5.11 Å². The van der Waals surface area contributed by atoms with Gasteiger partial charge in [-0.25, -0.2) is 0 Å². The first-order valence-electron chi connectivity index (χ1n) is 7.24. The van der Waals surface area contributed by atoms with Crippen LogP contribution in [-0.2, 0) is 0 Å². The minimum Gasteiger partial charge on any atom is -0.391 e. The van der Waals surface area contributed by atoms with Gasteiger partial charge in [0.25, 0.3) is 0 Å². The highest BCUT2D eigenvalue weighted by Gasteiger charge is 2.41. The predicted octanol–water partition coefficient (Wildman–Crippen LogP) is 3.29. The number of aliphatic hydroxyl groups is 1. The van der Waals surface area contributed by atoms with Crippen molar-refractivity contribution in [2.24, 2.45) is 11.8 Å². The fourth-order valence-corrected chi connectivity index (χ4v) is 3.10. The van der Waals surface area contributed by atoms with Gasteiger partial charge in [0.15, 0.2) is 0 Å². The van der Waals surface area contributed by atoms with Gasteiger partial charge in [0, 0.05) is 5.54 Å². The summed E-state index contributed by atoms with van der Waals surface area (Å²) < 4.78 is 0. The van der Waals surface area contributed by atoms with E-state index in [2.05, 4.69) is 39.8 Å². The Morgan fingerprint density at radius 2 is 1.71 bits per heavy atom. The zero-order valence-corrected chi connectivity index (χ0v) is 12.4. The van der Waals surface area contributed by atoms with Gasteiger partial charge in [-0.1, -0.05) is 20.8 Å². The Bertz CT molecular complexity index is 217. The average molecular weight is 241 g/mol. The molecule has 2 nitrogen and oxygen atoms in total. The average Bonchev–Trinajstić information content (AvgIpc) is 2.26. The van der Waals surface area contributed by atoms with E-state index in [-0.39, 0.29) is 11.6 Å². The topological polar surface area (TPSA) is 23.5 Å². The van der Waals surface area contributed by atoms with E-state index in [1.165, 1.54) is 12.8 Å². The number of rotatable bonds is 5. The number of hydrogen-bond acceptors (Lipinski definition) is 2. The lowest BCUT2D eigenvalue weighted by Crippen LogP contribution is -2.55. The Morgan fingerprint density at radius 1 is 1.18 bits per heavy atom. The van der Waals surface area contributed by atoms with Gasteiger partial charge in [0.05, 0.1) is 6.10 Å². The molecule has 17 heavy (non-hydrogen) atoms. The molecule has 1 fully saturated rings. The summed E-state index contributed by atoms with van der Waals surface area (Å²) in [6.45, 7) is 6.80. The van der Waals surface area contributed by atoms with Gasteiger partial charge < -0.3 is 10.0 Å². The predicted molar refractivity (Wildman–Crippen MR) is 74.1 cm³/mol. The maximum Gasteiger partial charge on any atom is 0.0723 e. The number of nitrogens with zero attached hydrogens (tertiary/aromatic N) is 1. The third-order valence-corrected chi connectivity index (χ3v) is 4.67. The summed E-state index contributed by atoms with van der Waals surface area (Å²) in [6.07, 6.45) is 6.75. The molecule has 2 heteroatoms. The molecule has 0 amide bonds. The van der Waals surface area contributed by atoms with Crippen molar-refractivity contribution in [3.8, 4) is 0 Å². The highest BCUT2D eigenvalue weighted by atomic mass is 16.3. The highest BCUT2D eigenvalue weighted by Crippen LogP contribution is 2.39. The largest absolute Gasteiger partial charge is 0.391 e. The monoisotopic (exact) mass is 241 g/mol. The van der Waals surface area contributed by atoms with Crippen LogP contribution in [0.15, 0.2) is 0 Å². The second-order valence-corrected chi connectivity index (χ2v) is 6.67. The van der Waals surface area contributed by atoms with Crippen LogP contribution in [0.3, 0.4) is 0 Å². The molecule has 0 spiro atoms. The fourth-order valence-electron chi connectivity index (χ4n) is 3.10. The summed E-state index contributed by atoms with van der Waals surface area (Å²) in [7, 11) is 4.27. The first-order valence-corrected chi connectivity index (χ1v) is 7.24. The molecule has 0 heterocycles. The van der Waals surface area contributed by atoms with Crippen LogP contribution in [0, 0.1) is 11.8 Å². The third kappa shape index (κ3) is 3.69.